The van der Waals surface area contributed by atoms with Crippen molar-refractivity contribution in [3.63, 3.8) is 0 Å². The minimum absolute atomic E-state index is 0.526. The molecule has 0 radical (unpaired) electrons. The van der Waals surface area contributed by atoms with Crippen LogP contribution in [0.4, 0.5) is 0 Å². The molecule has 0 saturated carbocycles. The number of carbonyl (C=O) groups is 2. The third-order valence-electron chi connectivity index (χ3n) is 3.50. The monoisotopic (exact) mass is 478 g/mol. The molecule has 0 aromatic heterocycles. The van der Waals surface area contributed by atoms with Crippen LogP contribution in [-0.4, -0.2) is 42.9 Å². The zero-order valence-corrected chi connectivity index (χ0v) is 18.6. The van der Waals surface area contributed by atoms with Crippen LogP contribution >= 0.6 is 0 Å². The Hall–Kier alpha value is -4.87. The lowest BCUT2D eigenvalue weighted by Gasteiger charge is -1.94. The third kappa shape index (κ3) is 10.9. The van der Waals surface area contributed by atoms with Gasteiger partial charge < -0.3 is 5.21 Å². The standard InChI is InChI=1S/C12H10N2O4S.C11H8N2O2/c1-19(16,17)18-14-11(9-13)12(15)8-7-10-5-3-2-4-6-10;12-8-10(13-15)11(14)7-6-9-4-2-1-3-5-9/h2-8H,1H3;1-7,15H. The second-order valence-electron chi connectivity index (χ2n) is 6.11. The first kappa shape index (κ1) is 27.2. The van der Waals surface area contributed by atoms with E-state index in [2.05, 4.69) is 14.6 Å². The molecule has 0 aliphatic heterocycles. The molecule has 0 saturated heterocycles. The molecule has 0 amide bonds. The Labute approximate surface area is 196 Å². The number of benzene rings is 2. The first-order valence-electron chi connectivity index (χ1n) is 9.24. The van der Waals surface area contributed by atoms with Crippen LogP contribution in [0.1, 0.15) is 11.1 Å². The summed E-state index contributed by atoms with van der Waals surface area (Å²) in [6, 6.07) is 21.0. The third-order valence-corrected chi connectivity index (χ3v) is 3.84. The van der Waals surface area contributed by atoms with E-state index >= 15 is 0 Å². The highest BCUT2D eigenvalue weighted by Crippen LogP contribution is 2.02. The van der Waals surface area contributed by atoms with Crippen LogP contribution in [0, 0.1) is 22.7 Å². The SMILES string of the molecule is CS(=O)(=O)ON=C(C#N)C(=O)C=Cc1ccccc1.N#CC(=NO)C(=O)C=Cc1ccccc1. The van der Waals surface area contributed by atoms with Crippen molar-refractivity contribution < 1.29 is 27.5 Å². The average molecular weight is 478 g/mol. The molecule has 2 aromatic carbocycles. The summed E-state index contributed by atoms with van der Waals surface area (Å²) in [6.07, 6.45) is 6.09. The van der Waals surface area contributed by atoms with E-state index in [9.17, 15) is 18.0 Å². The molecule has 0 aliphatic carbocycles. The smallest absolute Gasteiger partial charge is 0.325 e. The summed E-state index contributed by atoms with van der Waals surface area (Å²) >= 11 is 0. The van der Waals surface area contributed by atoms with E-state index in [0.29, 0.717) is 0 Å². The van der Waals surface area contributed by atoms with Gasteiger partial charge >= 0.3 is 10.1 Å². The van der Waals surface area contributed by atoms with Crippen LogP contribution in [0.2, 0.25) is 0 Å². The first-order valence-corrected chi connectivity index (χ1v) is 11.1. The van der Waals surface area contributed by atoms with E-state index in [4.69, 9.17) is 15.7 Å². The van der Waals surface area contributed by atoms with Gasteiger partial charge in [-0.05, 0) is 28.4 Å². The number of carbonyl (C=O) groups excluding carboxylic acids is 2. The van der Waals surface area contributed by atoms with Crippen molar-refractivity contribution in [1.82, 2.24) is 0 Å². The molecule has 172 valence electrons. The minimum atomic E-state index is -3.84. The van der Waals surface area contributed by atoms with Gasteiger partial charge in [-0.1, -0.05) is 78.0 Å². The second kappa shape index (κ2) is 14.2. The Bertz CT molecular complexity index is 1300. The molecule has 0 aliphatic rings. The van der Waals surface area contributed by atoms with Gasteiger partial charge in [-0.25, -0.2) is 0 Å². The summed E-state index contributed by atoms with van der Waals surface area (Å²) in [5.41, 5.74) is 0.429. The molecule has 0 heterocycles. The molecule has 2 rings (SSSR count). The summed E-state index contributed by atoms with van der Waals surface area (Å²) in [6.45, 7) is 0. The van der Waals surface area contributed by atoms with E-state index in [0.717, 1.165) is 23.5 Å². The largest absolute Gasteiger partial charge is 0.410 e. The predicted octanol–water partition coefficient (Wildman–Crippen LogP) is 2.75. The van der Waals surface area contributed by atoms with Crippen LogP contribution in [-0.2, 0) is 24.0 Å². The summed E-state index contributed by atoms with van der Waals surface area (Å²) in [7, 11) is -3.84. The second-order valence-corrected chi connectivity index (χ2v) is 7.66. The number of nitriles is 2. The topological polar surface area (TPSA) is 170 Å². The maximum atomic E-state index is 11.5. The van der Waals surface area contributed by atoms with Crippen LogP contribution in [0.5, 0.6) is 0 Å². The number of hydrogen-bond donors (Lipinski definition) is 1. The Morgan fingerprint density at radius 1 is 0.853 bits per heavy atom. The van der Waals surface area contributed by atoms with Gasteiger partial charge in [0.1, 0.15) is 12.1 Å². The Morgan fingerprint density at radius 2 is 1.26 bits per heavy atom. The molecule has 0 atom stereocenters. The molecule has 10 nitrogen and oxygen atoms in total. The lowest BCUT2D eigenvalue weighted by molar-refractivity contribution is -0.109. The fourth-order valence-electron chi connectivity index (χ4n) is 1.98. The van der Waals surface area contributed by atoms with E-state index in [1.165, 1.54) is 24.3 Å². The van der Waals surface area contributed by atoms with Gasteiger partial charge in [0.15, 0.2) is 0 Å². The summed E-state index contributed by atoms with van der Waals surface area (Å²) in [5, 5.41) is 30.9. The van der Waals surface area contributed by atoms with Crippen LogP contribution in [0.15, 0.2) is 83.1 Å². The van der Waals surface area contributed by atoms with Gasteiger partial charge in [0, 0.05) is 0 Å². The molecule has 0 spiro atoms. The number of rotatable bonds is 8. The Kier molecular flexibility index (Phi) is 11.4. The quantitative estimate of drug-likeness (QED) is 0.261. The van der Waals surface area contributed by atoms with Crippen LogP contribution < -0.4 is 0 Å². The van der Waals surface area contributed by atoms with E-state index in [-0.39, 0.29) is 0 Å². The zero-order valence-electron chi connectivity index (χ0n) is 17.8. The van der Waals surface area contributed by atoms with Crippen LogP contribution in [0.25, 0.3) is 12.2 Å². The minimum Gasteiger partial charge on any atom is -0.410 e. The number of ketones is 2. The van der Waals surface area contributed by atoms with Crippen molar-refractivity contribution in [2.75, 3.05) is 6.26 Å². The normalized spacial score (nSPS) is 11.7. The molecule has 1 N–H and O–H groups in total. The fraction of sp³-hybridized carbons (Fsp3) is 0.0435. The van der Waals surface area contributed by atoms with Gasteiger partial charge in [0.25, 0.3) is 0 Å². The summed E-state index contributed by atoms with van der Waals surface area (Å²) in [5.74, 6) is -1.36. The van der Waals surface area contributed by atoms with Gasteiger partial charge in [-0.3, -0.25) is 13.9 Å². The molecular weight excluding hydrogens is 460 g/mol. The van der Waals surface area contributed by atoms with E-state index in [1.807, 2.05) is 36.4 Å². The molecule has 0 bridgehead atoms. The number of oxime groups is 2. The fourth-order valence-corrected chi connectivity index (χ4v) is 2.19. The molecule has 34 heavy (non-hydrogen) atoms. The van der Waals surface area contributed by atoms with E-state index in [1.54, 1.807) is 30.3 Å². The molecule has 0 fully saturated rings. The number of nitrogens with zero attached hydrogens (tertiary/aromatic N) is 4. The van der Waals surface area contributed by atoms with Crippen molar-refractivity contribution >= 4 is 45.3 Å². The summed E-state index contributed by atoms with van der Waals surface area (Å²) in [4.78, 5) is 22.7. The highest BCUT2D eigenvalue weighted by molar-refractivity contribution is 7.85. The molecule has 2 aromatic rings. The number of hydrogen-bond acceptors (Lipinski definition) is 10. The number of allylic oxidation sites excluding steroid dienone is 2. The molecular formula is C23H18N4O6S. The lowest BCUT2D eigenvalue weighted by atomic mass is 10.1. The van der Waals surface area contributed by atoms with Crippen molar-refractivity contribution in [1.29, 1.82) is 10.5 Å². The van der Waals surface area contributed by atoms with Crippen LogP contribution in [0.3, 0.4) is 0 Å². The average Bonchev–Trinajstić information content (AvgIpc) is 2.83. The van der Waals surface area contributed by atoms with Gasteiger partial charge in [0.2, 0.25) is 23.0 Å². The predicted molar refractivity (Wildman–Crippen MR) is 125 cm³/mol. The highest BCUT2D eigenvalue weighted by atomic mass is 32.2. The van der Waals surface area contributed by atoms with Gasteiger partial charge in [0.05, 0.1) is 6.26 Å². The molecule has 0 unspecified atom stereocenters. The molecule has 11 heteroatoms. The maximum absolute atomic E-state index is 11.5. The van der Waals surface area contributed by atoms with Crippen molar-refractivity contribution in [2.24, 2.45) is 10.3 Å². The first-order chi connectivity index (χ1) is 16.2. The van der Waals surface area contributed by atoms with Gasteiger partial charge in [-0.2, -0.15) is 18.9 Å². The Balaban J connectivity index is 0.000000350. The van der Waals surface area contributed by atoms with Crippen molar-refractivity contribution in [2.45, 2.75) is 0 Å². The zero-order chi connectivity index (χ0) is 25.4. The highest BCUT2D eigenvalue weighted by Gasteiger charge is 2.10. The lowest BCUT2D eigenvalue weighted by Crippen LogP contribution is -2.10. The Morgan fingerprint density at radius 3 is 1.62 bits per heavy atom. The van der Waals surface area contributed by atoms with Crippen molar-refractivity contribution in [3.05, 3.63) is 83.9 Å². The van der Waals surface area contributed by atoms with Crippen molar-refractivity contribution in [3.8, 4) is 12.1 Å². The maximum Gasteiger partial charge on any atom is 0.325 e. The van der Waals surface area contributed by atoms with E-state index < -0.39 is 33.1 Å². The summed E-state index contributed by atoms with van der Waals surface area (Å²) < 4.78 is 25.4. The van der Waals surface area contributed by atoms with Gasteiger partial charge in [-0.15, -0.1) is 0 Å².